The molecule has 1 saturated heterocycles. The molecular weight excluding hydrogens is 254 g/mol. The molecule has 2 rings (SSSR count). The van der Waals surface area contributed by atoms with Gasteiger partial charge >= 0.3 is 0 Å². The van der Waals surface area contributed by atoms with Crippen LogP contribution in [0.3, 0.4) is 0 Å². The topological polar surface area (TPSA) is 72.4 Å². The first-order valence-electron chi connectivity index (χ1n) is 6.00. The molecule has 6 heteroatoms. The first kappa shape index (κ1) is 13.0. The van der Waals surface area contributed by atoms with E-state index in [1.165, 1.54) is 6.07 Å². The minimum atomic E-state index is -0.401. The van der Waals surface area contributed by atoms with Crippen molar-refractivity contribution < 1.29 is 4.92 Å². The number of nitrogens with zero attached hydrogens (tertiary/aromatic N) is 2. The summed E-state index contributed by atoms with van der Waals surface area (Å²) in [6.07, 6.45) is 3.25. The summed E-state index contributed by atoms with van der Waals surface area (Å²) in [4.78, 5) is 12.8. The molecule has 18 heavy (non-hydrogen) atoms. The van der Waals surface area contributed by atoms with E-state index in [1.54, 1.807) is 6.07 Å². The Morgan fingerprint density at radius 1 is 1.50 bits per heavy atom. The maximum Gasteiger partial charge on any atom is 0.294 e. The lowest BCUT2D eigenvalue weighted by molar-refractivity contribution is -0.384. The van der Waals surface area contributed by atoms with Crippen LogP contribution in [0.1, 0.15) is 26.2 Å². The van der Waals surface area contributed by atoms with Crippen LogP contribution in [0.2, 0.25) is 5.02 Å². The quantitative estimate of drug-likeness (QED) is 0.508. The summed E-state index contributed by atoms with van der Waals surface area (Å²) in [6, 6.07) is 3.24. The van der Waals surface area contributed by atoms with Crippen LogP contribution in [0, 0.1) is 10.1 Å². The van der Waals surface area contributed by atoms with E-state index in [0.29, 0.717) is 11.4 Å². The predicted molar refractivity (Wildman–Crippen MR) is 73.2 cm³/mol. The molecule has 0 saturated carbocycles. The van der Waals surface area contributed by atoms with Crippen molar-refractivity contribution in [3.8, 4) is 0 Å². The lowest BCUT2D eigenvalue weighted by Gasteiger charge is -2.35. The number of halogens is 1. The maximum absolute atomic E-state index is 11.1. The van der Waals surface area contributed by atoms with Gasteiger partial charge in [0.15, 0.2) is 0 Å². The second-order valence-electron chi connectivity index (χ2n) is 4.66. The predicted octanol–water partition coefficient (Wildman–Crippen LogP) is 3.21. The second-order valence-corrected chi connectivity index (χ2v) is 5.06. The van der Waals surface area contributed by atoms with Crippen LogP contribution in [0.5, 0.6) is 0 Å². The fourth-order valence-electron chi connectivity index (χ4n) is 2.40. The number of anilines is 2. The lowest BCUT2D eigenvalue weighted by Crippen LogP contribution is -2.37. The summed E-state index contributed by atoms with van der Waals surface area (Å²) in [6.45, 7) is 2.90. The van der Waals surface area contributed by atoms with E-state index in [4.69, 9.17) is 17.3 Å². The fourth-order valence-corrected chi connectivity index (χ4v) is 2.56. The third-order valence-corrected chi connectivity index (χ3v) is 3.73. The maximum atomic E-state index is 11.1. The summed E-state index contributed by atoms with van der Waals surface area (Å²) in [5.74, 6) is 0. The van der Waals surface area contributed by atoms with Crippen LogP contribution in [-0.4, -0.2) is 17.5 Å². The Morgan fingerprint density at radius 2 is 2.22 bits per heavy atom. The highest BCUT2D eigenvalue weighted by Gasteiger charge is 2.26. The summed E-state index contributed by atoms with van der Waals surface area (Å²) in [5.41, 5.74) is 6.75. The van der Waals surface area contributed by atoms with Crippen LogP contribution in [-0.2, 0) is 0 Å². The Kier molecular flexibility index (Phi) is 3.61. The van der Waals surface area contributed by atoms with Gasteiger partial charge in [-0.2, -0.15) is 0 Å². The number of nitrogen functional groups attached to an aromatic ring is 1. The van der Waals surface area contributed by atoms with E-state index in [9.17, 15) is 10.1 Å². The van der Waals surface area contributed by atoms with E-state index in [2.05, 4.69) is 6.92 Å². The van der Waals surface area contributed by atoms with Gasteiger partial charge in [0, 0.05) is 18.7 Å². The third-order valence-electron chi connectivity index (χ3n) is 3.40. The van der Waals surface area contributed by atoms with Gasteiger partial charge in [-0.05, 0) is 32.3 Å². The average Bonchev–Trinajstić information content (AvgIpc) is 2.32. The average molecular weight is 270 g/mol. The van der Waals surface area contributed by atoms with Crippen molar-refractivity contribution in [1.82, 2.24) is 0 Å². The molecule has 1 heterocycles. The zero-order valence-electron chi connectivity index (χ0n) is 10.2. The fraction of sp³-hybridized carbons (Fsp3) is 0.500. The number of benzene rings is 1. The van der Waals surface area contributed by atoms with Gasteiger partial charge in [0.1, 0.15) is 5.69 Å². The lowest BCUT2D eigenvalue weighted by atomic mass is 10.0. The van der Waals surface area contributed by atoms with Gasteiger partial charge in [0.25, 0.3) is 5.69 Å². The van der Waals surface area contributed by atoms with Crippen molar-refractivity contribution in [1.29, 1.82) is 0 Å². The molecule has 0 radical (unpaired) electrons. The molecule has 1 fully saturated rings. The summed E-state index contributed by atoms with van der Waals surface area (Å²) >= 11 is 5.86. The van der Waals surface area contributed by atoms with Crippen molar-refractivity contribution in [3.05, 3.63) is 27.3 Å². The number of nitrogens with two attached hydrogens (primary N) is 1. The number of nitro groups is 1. The van der Waals surface area contributed by atoms with Crippen molar-refractivity contribution >= 4 is 28.7 Å². The number of hydrogen-bond donors (Lipinski definition) is 1. The third kappa shape index (κ3) is 2.36. The zero-order valence-corrected chi connectivity index (χ0v) is 11.0. The molecule has 1 aromatic rings. The highest BCUT2D eigenvalue weighted by atomic mass is 35.5. The van der Waals surface area contributed by atoms with Crippen LogP contribution >= 0.6 is 11.6 Å². The van der Waals surface area contributed by atoms with Gasteiger partial charge in [-0.15, -0.1) is 0 Å². The molecule has 5 nitrogen and oxygen atoms in total. The minimum absolute atomic E-state index is 0.0305. The van der Waals surface area contributed by atoms with E-state index in [-0.39, 0.29) is 16.8 Å². The van der Waals surface area contributed by atoms with Gasteiger partial charge in [-0.25, -0.2) is 0 Å². The van der Waals surface area contributed by atoms with Crippen molar-refractivity contribution in [3.63, 3.8) is 0 Å². The Morgan fingerprint density at radius 3 is 2.83 bits per heavy atom. The summed E-state index contributed by atoms with van der Waals surface area (Å²) < 4.78 is 0. The standard InChI is InChI=1S/C12H16ClN3O2/c1-8-4-2-3-5-15(8)11-7-10(14)9(13)6-12(11)16(17)18/h6-8H,2-5,14H2,1H3/t8-/m0/s1. The molecule has 0 bridgehead atoms. The molecule has 98 valence electrons. The Labute approximate surface area is 111 Å². The molecule has 2 N–H and O–H groups in total. The smallest absolute Gasteiger partial charge is 0.294 e. The van der Waals surface area contributed by atoms with Crippen LogP contribution < -0.4 is 10.6 Å². The summed E-state index contributed by atoms with van der Waals surface area (Å²) in [5, 5.41) is 11.3. The molecule has 0 aromatic heterocycles. The van der Waals surface area contributed by atoms with E-state index in [1.807, 2.05) is 4.90 Å². The van der Waals surface area contributed by atoms with E-state index >= 15 is 0 Å². The molecule has 0 spiro atoms. The number of nitro benzene ring substituents is 1. The molecule has 1 aliphatic heterocycles. The Balaban J connectivity index is 2.47. The number of rotatable bonds is 2. The first-order valence-corrected chi connectivity index (χ1v) is 6.38. The van der Waals surface area contributed by atoms with Crippen molar-refractivity contribution in [2.24, 2.45) is 0 Å². The molecule has 0 aliphatic carbocycles. The normalized spacial score (nSPS) is 19.9. The highest BCUT2D eigenvalue weighted by Crippen LogP contribution is 2.37. The SMILES string of the molecule is C[C@H]1CCCCN1c1cc(N)c(Cl)cc1[N+](=O)[O-]. The molecule has 1 aliphatic rings. The number of hydrogen-bond acceptors (Lipinski definition) is 4. The van der Waals surface area contributed by atoms with Gasteiger partial charge in [-0.1, -0.05) is 11.6 Å². The molecule has 0 amide bonds. The van der Waals surface area contributed by atoms with Crippen LogP contribution in [0.4, 0.5) is 17.1 Å². The Hall–Kier alpha value is -1.49. The van der Waals surface area contributed by atoms with Gasteiger partial charge in [-0.3, -0.25) is 10.1 Å². The highest BCUT2D eigenvalue weighted by molar-refractivity contribution is 6.33. The van der Waals surface area contributed by atoms with Gasteiger partial charge < -0.3 is 10.6 Å². The van der Waals surface area contributed by atoms with Gasteiger partial charge in [0.05, 0.1) is 15.6 Å². The van der Waals surface area contributed by atoms with E-state index < -0.39 is 4.92 Å². The van der Waals surface area contributed by atoms with Crippen molar-refractivity contribution in [2.45, 2.75) is 32.2 Å². The molecule has 0 unspecified atom stereocenters. The van der Waals surface area contributed by atoms with Crippen molar-refractivity contribution in [2.75, 3.05) is 17.2 Å². The second kappa shape index (κ2) is 5.02. The monoisotopic (exact) mass is 269 g/mol. The van der Waals surface area contributed by atoms with Gasteiger partial charge in [0.2, 0.25) is 0 Å². The molecule has 1 aromatic carbocycles. The molecular formula is C12H16ClN3O2. The Bertz CT molecular complexity index is 479. The first-order chi connectivity index (χ1) is 8.50. The largest absolute Gasteiger partial charge is 0.397 e. The van der Waals surface area contributed by atoms with Crippen LogP contribution in [0.25, 0.3) is 0 Å². The zero-order chi connectivity index (χ0) is 13.3. The molecule has 1 atom stereocenters. The van der Waals surface area contributed by atoms with Crippen LogP contribution in [0.15, 0.2) is 12.1 Å². The number of piperidine rings is 1. The summed E-state index contributed by atoms with van der Waals surface area (Å²) in [7, 11) is 0. The minimum Gasteiger partial charge on any atom is -0.397 e. The van der Waals surface area contributed by atoms with E-state index in [0.717, 1.165) is 25.8 Å².